The van der Waals surface area contributed by atoms with Crippen molar-refractivity contribution < 1.29 is 17.6 Å². The van der Waals surface area contributed by atoms with E-state index in [9.17, 15) is 17.6 Å². The fourth-order valence-corrected chi connectivity index (χ4v) is 3.71. The normalized spacial score (nSPS) is 20.1. The Balaban J connectivity index is 1.59. The van der Waals surface area contributed by atoms with Crippen molar-refractivity contribution in [1.29, 1.82) is 0 Å². The predicted octanol–water partition coefficient (Wildman–Crippen LogP) is 1.79. The molecule has 0 spiro atoms. The molecule has 0 aliphatic heterocycles. The number of carbonyl (C=O) groups excluding carboxylic acids is 1. The molecule has 2 N–H and O–H groups in total. The average molecular weight is 356 g/mol. The van der Waals surface area contributed by atoms with Gasteiger partial charge in [0, 0.05) is 5.92 Å². The number of hydrogen-bond acceptors (Lipinski definition) is 6. The molecule has 2 unspecified atom stereocenters. The van der Waals surface area contributed by atoms with Crippen LogP contribution in [0, 0.1) is 11.7 Å². The lowest BCUT2D eigenvalue weighted by Gasteiger charge is -2.01. The van der Waals surface area contributed by atoms with Crippen LogP contribution in [0.5, 0.6) is 0 Å². The minimum absolute atomic E-state index is 0.0668. The topological polar surface area (TPSA) is 101 Å². The summed E-state index contributed by atoms with van der Waals surface area (Å²) in [5.74, 6) is -0.649. The van der Waals surface area contributed by atoms with E-state index in [1.807, 2.05) is 0 Å². The van der Waals surface area contributed by atoms with Gasteiger partial charge in [-0.05, 0) is 30.0 Å². The third-order valence-electron chi connectivity index (χ3n) is 3.35. The monoisotopic (exact) mass is 356 g/mol. The number of nitrogens with one attached hydrogen (secondary N) is 2. The van der Waals surface area contributed by atoms with Crippen molar-refractivity contribution in [3.05, 3.63) is 35.6 Å². The number of nitrogens with zero attached hydrogens (tertiary/aromatic N) is 2. The second-order valence-electron chi connectivity index (χ2n) is 5.28. The largest absolute Gasteiger partial charge is 0.300 e. The first-order chi connectivity index (χ1) is 10.8. The second-order valence-corrected chi connectivity index (χ2v) is 8.00. The molecular weight excluding hydrogens is 343 g/mol. The molecule has 1 aromatic heterocycles. The SMILES string of the molecule is CS(=O)(=O)Nc1nnc(NC(=O)C2CC2c2ccc(F)cc2)s1. The molecule has 1 fully saturated rings. The lowest BCUT2D eigenvalue weighted by atomic mass is 10.1. The zero-order chi connectivity index (χ0) is 16.6. The quantitative estimate of drug-likeness (QED) is 0.850. The number of sulfonamides is 1. The minimum atomic E-state index is -3.43. The lowest BCUT2D eigenvalue weighted by molar-refractivity contribution is -0.117. The Morgan fingerprint density at radius 2 is 1.91 bits per heavy atom. The Hall–Kier alpha value is -2.07. The van der Waals surface area contributed by atoms with Crippen LogP contribution in [0.25, 0.3) is 0 Å². The van der Waals surface area contributed by atoms with Crippen LogP contribution >= 0.6 is 11.3 Å². The Kier molecular flexibility index (Phi) is 4.02. The summed E-state index contributed by atoms with van der Waals surface area (Å²) in [5, 5.41) is 10.3. The molecule has 1 saturated carbocycles. The van der Waals surface area contributed by atoms with Gasteiger partial charge in [0.05, 0.1) is 6.26 Å². The smallest absolute Gasteiger partial charge is 0.231 e. The summed E-state index contributed by atoms with van der Waals surface area (Å²) in [6, 6.07) is 6.09. The van der Waals surface area contributed by atoms with Gasteiger partial charge in [0.15, 0.2) is 0 Å². The Morgan fingerprint density at radius 3 is 2.57 bits per heavy atom. The van der Waals surface area contributed by atoms with Crippen molar-refractivity contribution in [1.82, 2.24) is 10.2 Å². The molecule has 1 aromatic carbocycles. The number of aromatic nitrogens is 2. The average Bonchev–Trinajstić information content (AvgIpc) is 3.14. The first-order valence-corrected chi connectivity index (χ1v) is 9.40. The van der Waals surface area contributed by atoms with Crippen LogP contribution in [0.1, 0.15) is 17.9 Å². The summed E-state index contributed by atoms with van der Waals surface area (Å²) in [4.78, 5) is 12.1. The van der Waals surface area contributed by atoms with E-state index in [0.717, 1.165) is 23.2 Å². The maximum Gasteiger partial charge on any atom is 0.231 e. The molecule has 7 nitrogen and oxygen atoms in total. The van der Waals surface area contributed by atoms with Crippen LogP contribution in [0.2, 0.25) is 0 Å². The minimum Gasteiger partial charge on any atom is -0.300 e. The third kappa shape index (κ3) is 4.02. The van der Waals surface area contributed by atoms with Gasteiger partial charge in [0.25, 0.3) is 0 Å². The van der Waals surface area contributed by atoms with Gasteiger partial charge in [-0.25, -0.2) is 12.8 Å². The van der Waals surface area contributed by atoms with Gasteiger partial charge in [-0.2, -0.15) is 0 Å². The van der Waals surface area contributed by atoms with Crippen molar-refractivity contribution in [2.24, 2.45) is 5.92 Å². The van der Waals surface area contributed by atoms with Crippen LogP contribution in [-0.4, -0.2) is 30.8 Å². The van der Waals surface area contributed by atoms with Gasteiger partial charge in [0.1, 0.15) is 5.82 Å². The van der Waals surface area contributed by atoms with Crippen molar-refractivity contribution >= 4 is 37.5 Å². The predicted molar refractivity (Wildman–Crippen MR) is 84.3 cm³/mol. The molecule has 2 aromatic rings. The van der Waals surface area contributed by atoms with E-state index < -0.39 is 10.0 Å². The summed E-state index contributed by atoms with van der Waals surface area (Å²) < 4.78 is 37.3. The van der Waals surface area contributed by atoms with Gasteiger partial charge < -0.3 is 5.32 Å². The van der Waals surface area contributed by atoms with Crippen molar-refractivity contribution in [2.75, 3.05) is 16.3 Å². The van der Waals surface area contributed by atoms with Crippen molar-refractivity contribution in [2.45, 2.75) is 12.3 Å². The summed E-state index contributed by atoms with van der Waals surface area (Å²) >= 11 is 0.938. The summed E-state index contributed by atoms with van der Waals surface area (Å²) in [6.07, 6.45) is 1.69. The third-order valence-corrected chi connectivity index (χ3v) is 4.80. The number of rotatable bonds is 5. The molecule has 10 heteroatoms. The van der Waals surface area contributed by atoms with E-state index in [1.54, 1.807) is 12.1 Å². The Labute approximate surface area is 136 Å². The highest BCUT2D eigenvalue weighted by atomic mass is 32.2. The second kappa shape index (κ2) is 5.85. The molecule has 1 aliphatic carbocycles. The van der Waals surface area contributed by atoms with Gasteiger partial charge in [-0.3, -0.25) is 9.52 Å². The number of halogens is 1. The molecule has 2 atom stereocenters. The Bertz CT molecular complexity index is 835. The molecule has 1 aliphatic rings. The maximum atomic E-state index is 12.9. The molecule has 0 saturated heterocycles. The standard InChI is InChI=1S/C13H13FN4O3S2/c1-23(20,21)18-13-17-16-12(22-13)15-11(19)10-6-9(10)7-2-4-8(14)5-3-7/h2-5,9-10H,6H2,1H3,(H,17,18)(H,15,16,19). The van der Waals surface area contributed by atoms with Gasteiger partial charge in [0.2, 0.25) is 26.2 Å². The van der Waals surface area contributed by atoms with E-state index >= 15 is 0 Å². The van der Waals surface area contributed by atoms with Crippen LogP contribution < -0.4 is 10.0 Å². The number of benzene rings is 1. The van der Waals surface area contributed by atoms with Crippen LogP contribution in [0.4, 0.5) is 14.7 Å². The first kappa shape index (κ1) is 15.8. The summed E-state index contributed by atoms with van der Waals surface area (Å²) in [7, 11) is -3.43. The van der Waals surface area contributed by atoms with Gasteiger partial charge >= 0.3 is 0 Å². The molecular formula is C13H13FN4O3S2. The molecule has 122 valence electrons. The molecule has 0 radical (unpaired) electrons. The number of anilines is 2. The highest BCUT2D eigenvalue weighted by Gasteiger charge is 2.44. The number of carbonyl (C=O) groups is 1. The zero-order valence-corrected chi connectivity index (χ0v) is 13.6. The van der Waals surface area contributed by atoms with Crippen LogP contribution in [-0.2, 0) is 14.8 Å². The molecule has 1 heterocycles. The molecule has 1 amide bonds. The van der Waals surface area contributed by atoms with E-state index in [0.29, 0.717) is 6.42 Å². The fraction of sp³-hybridized carbons (Fsp3) is 0.308. The van der Waals surface area contributed by atoms with Crippen molar-refractivity contribution in [3.63, 3.8) is 0 Å². The molecule has 0 bridgehead atoms. The zero-order valence-electron chi connectivity index (χ0n) is 12.0. The maximum absolute atomic E-state index is 12.9. The Morgan fingerprint density at radius 1 is 1.26 bits per heavy atom. The van der Waals surface area contributed by atoms with Crippen LogP contribution in [0.15, 0.2) is 24.3 Å². The summed E-state index contributed by atoms with van der Waals surface area (Å²) in [5.41, 5.74) is 0.920. The summed E-state index contributed by atoms with van der Waals surface area (Å²) in [6.45, 7) is 0. The number of hydrogen-bond donors (Lipinski definition) is 2. The van der Waals surface area contributed by atoms with E-state index in [1.165, 1.54) is 12.1 Å². The lowest BCUT2D eigenvalue weighted by Crippen LogP contribution is -2.14. The van der Waals surface area contributed by atoms with Crippen LogP contribution in [0.3, 0.4) is 0 Å². The molecule has 3 rings (SSSR count). The highest BCUT2D eigenvalue weighted by molar-refractivity contribution is 7.92. The number of amides is 1. The van der Waals surface area contributed by atoms with Crippen molar-refractivity contribution in [3.8, 4) is 0 Å². The first-order valence-electron chi connectivity index (χ1n) is 6.69. The molecule has 23 heavy (non-hydrogen) atoms. The highest BCUT2D eigenvalue weighted by Crippen LogP contribution is 2.48. The van der Waals surface area contributed by atoms with Gasteiger partial charge in [-0.1, -0.05) is 23.5 Å². The van der Waals surface area contributed by atoms with E-state index in [-0.39, 0.29) is 33.8 Å². The van der Waals surface area contributed by atoms with E-state index in [4.69, 9.17) is 0 Å². The van der Waals surface area contributed by atoms with E-state index in [2.05, 4.69) is 20.2 Å². The van der Waals surface area contributed by atoms with Gasteiger partial charge in [-0.15, -0.1) is 10.2 Å². The fourth-order valence-electron chi connectivity index (χ4n) is 2.23.